The van der Waals surface area contributed by atoms with Gasteiger partial charge in [-0.25, -0.2) is 16.8 Å². The second-order valence-corrected chi connectivity index (χ2v) is 4.44. The molecule has 9 heteroatoms. The van der Waals surface area contributed by atoms with Crippen molar-refractivity contribution in [2.75, 3.05) is 0 Å². The molecule has 15 heavy (non-hydrogen) atoms. The second kappa shape index (κ2) is 9.30. The van der Waals surface area contributed by atoms with Gasteiger partial charge in [-0.2, -0.15) is 0 Å². The topological polar surface area (TPSA) is 114 Å². The molecule has 0 aliphatic carbocycles. The zero-order chi connectivity index (χ0) is 11.8. The monoisotopic (exact) mass is 266 g/mol. The van der Waals surface area contributed by atoms with E-state index in [-0.39, 0.29) is 23.1 Å². The largest absolute Gasteiger partial charge is 2.00 e. The predicted octanol–water partition coefficient (Wildman–Crippen LogP) is -0.250. The fourth-order valence-corrected chi connectivity index (χ4v) is 1.00. The van der Waals surface area contributed by atoms with Gasteiger partial charge in [-0.15, -0.1) is 0 Å². The fourth-order valence-electron chi connectivity index (χ4n) is 0.333. The predicted molar refractivity (Wildman–Crippen MR) is 54.8 cm³/mol. The van der Waals surface area contributed by atoms with Gasteiger partial charge < -0.3 is 9.11 Å². The van der Waals surface area contributed by atoms with Crippen molar-refractivity contribution in [3.05, 3.63) is 23.0 Å². The molecule has 0 amide bonds. The molecule has 0 bridgehead atoms. The standard InChI is InChI=1S/2C3H6O3S.Mg/c2*1-2-3-7(4,5)6;/h2*2-3H,1H3,(H,4,5,6);/q;;+2/p-2/b2*3-2-;. The van der Waals surface area contributed by atoms with Gasteiger partial charge in [0.05, 0.1) is 0 Å². The van der Waals surface area contributed by atoms with E-state index in [1.807, 2.05) is 0 Å². The summed E-state index contributed by atoms with van der Waals surface area (Å²) >= 11 is 0. The van der Waals surface area contributed by atoms with Gasteiger partial charge in [0, 0.05) is 10.8 Å². The van der Waals surface area contributed by atoms with Crippen LogP contribution in [0.5, 0.6) is 0 Å². The molecule has 0 saturated heterocycles. The summed E-state index contributed by atoms with van der Waals surface area (Å²) in [6.45, 7) is 2.94. The van der Waals surface area contributed by atoms with Crippen LogP contribution in [0.4, 0.5) is 0 Å². The molecule has 0 aliphatic heterocycles. The van der Waals surface area contributed by atoms with Crippen LogP contribution in [-0.2, 0) is 20.2 Å². The number of hydrogen-bond donors (Lipinski definition) is 0. The Bertz CT molecular complexity index is 351. The molecule has 6 nitrogen and oxygen atoms in total. The third-order valence-corrected chi connectivity index (χ3v) is 1.82. The minimum Gasteiger partial charge on any atom is -0.744 e. The van der Waals surface area contributed by atoms with E-state index in [2.05, 4.69) is 0 Å². The van der Waals surface area contributed by atoms with Gasteiger partial charge in [0.1, 0.15) is 20.2 Å². The summed E-state index contributed by atoms with van der Waals surface area (Å²) in [5.74, 6) is 0. The maximum Gasteiger partial charge on any atom is 2.00 e. The maximum atomic E-state index is 9.59. The zero-order valence-corrected chi connectivity index (χ0v) is 11.3. The molecule has 0 heterocycles. The second-order valence-electron chi connectivity index (χ2n) is 1.92. The number of hydrogen-bond acceptors (Lipinski definition) is 6. The normalized spacial score (nSPS) is 12.0. The third kappa shape index (κ3) is 31.5. The summed E-state index contributed by atoms with van der Waals surface area (Å²) in [5, 5.41) is 1.21. The Hall–Kier alpha value is 0.0662. The minimum absolute atomic E-state index is 0. The Labute approximate surface area is 106 Å². The van der Waals surface area contributed by atoms with E-state index in [1.54, 1.807) is 0 Å². The zero-order valence-electron chi connectivity index (χ0n) is 8.28. The maximum absolute atomic E-state index is 9.59. The molecule has 0 aromatic heterocycles. The van der Waals surface area contributed by atoms with Gasteiger partial charge in [-0.1, -0.05) is 12.2 Å². The average molecular weight is 267 g/mol. The number of rotatable bonds is 2. The van der Waals surface area contributed by atoms with E-state index in [0.29, 0.717) is 10.8 Å². The summed E-state index contributed by atoms with van der Waals surface area (Å²) in [4.78, 5) is 0. The van der Waals surface area contributed by atoms with Crippen molar-refractivity contribution in [3.8, 4) is 0 Å². The SMILES string of the molecule is C/C=C\S(=O)(=O)[O-].C/C=C\S(=O)(=O)[O-].[Mg+2]. The summed E-state index contributed by atoms with van der Waals surface area (Å²) in [7, 11) is -8.21. The fraction of sp³-hybridized carbons (Fsp3) is 0.333. The van der Waals surface area contributed by atoms with Crippen molar-refractivity contribution in [3.63, 3.8) is 0 Å². The van der Waals surface area contributed by atoms with E-state index in [4.69, 9.17) is 0 Å². The van der Waals surface area contributed by atoms with Crippen molar-refractivity contribution in [1.82, 2.24) is 0 Å². The molecule has 0 N–H and O–H groups in total. The van der Waals surface area contributed by atoms with Crippen LogP contribution in [0, 0.1) is 0 Å². The Kier molecular flexibility index (Phi) is 12.7. The molecule has 0 radical (unpaired) electrons. The van der Waals surface area contributed by atoms with Crippen molar-refractivity contribution in [1.29, 1.82) is 0 Å². The van der Waals surface area contributed by atoms with Crippen LogP contribution in [-0.4, -0.2) is 49.0 Å². The Morgan fingerprint density at radius 3 is 1.00 bits per heavy atom. The first kappa shape index (κ1) is 20.5. The van der Waals surface area contributed by atoms with Gasteiger partial charge in [0.15, 0.2) is 0 Å². The minimum atomic E-state index is -4.10. The van der Waals surface area contributed by atoms with Crippen LogP contribution in [0.3, 0.4) is 0 Å². The molecule has 0 unspecified atom stereocenters. The quantitative estimate of drug-likeness (QED) is 0.503. The molecule has 84 valence electrons. The molecule has 0 aromatic carbocycles. The molecular weight excluding hydrogens is 256 g/mol. The summed E-state index contributed by atoms with van der Waals surface area (Å²) in [5.41, 5.74) is 0. The van der Waals surface area contributed by atoms with Crippen LogP contribution in [0.1, 0.15) is 13.8 Å². The first-order valence-corrected chi connectivity index (χ1v) is 6.24. The van der Waals surface area contributed by atoms with Gasteiger partial charge >= 0.3 is 23.1 Å². The third-order valence-electron chi connectivity index (χ3n) is 0.605. The van der Waals surface area contributed by atoms with Crippen molar-refractivity contribution in [2.45, 2.75) is 13.8 Å². The van der Waals surface area contributed by atoms with E-state index < -0.39 is 20.2 Å². The number of allylic oxidation sites excluding steroid dienone is 2. The Morgan fingerprint density at radius 2 is 1.00 bits per heavy atom. The summed E-state index contributed by atoms with van der Waals surface area (Å²) in [6, 6.07) is 0. The van der Waals surface area contributed by atoms with E-state index in [9.17, 15) is 25.9 Å². The average Bonchev–Trinajstić information content (AvgIpc) is 1.81. The molecular formula is C6H10MgO6S2. The molecule has 0 fully saturated rings. The van der Waals surface area contributed by atoms with Crippen LogP contribution in [0.2, 0.25) is 0 Å². The van der Waals surface area contributed by atoms with Crippen molar-refractivity contribution < 1.29 is 25.9 Å². The van der Waals surface area contributed by atoms with Crippen LogP contribution < -0.4 is 0 Å². The van der Waals surface area contributed by atoms with Gasteiger partial charge in [-0.3, -0.25) is 0 Å². The summed E-state index contributed by atoms with van der Waals surface area (Å²) in [6.07, 6.45) is 2.37. The molecule has 0 aliphatic rings. The molecule has 0 atom stereocenters. The smallest absolute Gasteiger partial charge is 0.744 e. The van der Waals surface area contributed by atoms with Crippen molar-refractivity contribution in [2.24, 2.45) is 0 Å². The van der Waals surface area contributed by atoms with E-state index in [0.717, 1.165) is 0 Å². The summed E-state index contributed by atoms with van der Waals surface area (Å²) < 4.78 is 57.5. The van der Waals surface area contributed by atoms with Crippen LogP contribution in [0.15, 0.2) is 23.0 Å². The first-order chi connectivity index (χ1) is 6.12. The molecule has 0 rings (SSSR count). The van der Waals surface area contributed by atoms with Gasteiger partial charge in [0.25, 0.3) is 0 Å². The van der Waals surface area contributed by atoms with Crippen LogP contribution >= 0.6 is 0 Å². The Balaban J connectivity index is -0.000000180. The van der Waals surface area contributed by atoms with E-state index >= 15 is 0 Å². The molecule has 0 spiro atoms. The molecule has 0 aromatic rings. The first-order valence-electron chi connectivity index (χ1n) is 3.29. The Morgan fingerprint density at radius 1 is 0.800 bits per heavy atom. The van der Waals surface area contributed by atoms with E-state index in [1.165, 1.54) is 26.0 Å². The molecule has 0 saturated carbocycles. The van der Waals surface area contributed by atoms with Gasteiger partial charge in [-0.05, 0) is 13.8 Å². The van der Waals surface area contributed by atoms with Crippen molar-refractivity contribution >= 4 is 43.3 Å². The van der Waals surface area contributed by atoms with Crippen LogP contribution in [0.25, 0.3) is 0 Å². The van der Waals surface area contributed by atoms with Gasteiger partial charge in [0.2, 0.25) is 0 Å².